The number of nitrogens with one attached hydrogen (secondary N) is 1. The summed E-state index contributed by atoms with van der Waals surface area (Å²) in [4.78, 5) is 31.6. The van der Waals surface area contributed by atoms with Gasteiger partial charge in [-0.05, 0) is 0 Å². The van der Waals surface area contributed by atoms with E-state index < -0.39 is 17.3 Å². The number of phenolic OH excluding ortho intramolecular Hbond substituents is 2. The van der Waals surface area contributed by atoms with E-state index in [-0.39, 0.29) is 39.0 Å². The molecular formula is C15H8N2O4. The lowest BCUT2D eigenvalue weighted by molar-refractivity contribution is 0.0974. The van der Waals surface area contributed by atoms with Gasteiger partial charge in [0.1, 0.15) is 11.0 Å². The molecule has 1 aliphatic rings. The molecule has 0 saturated carbocycles. The van der Waals surface area contributed by atoms with E-state index in [4.69, 9.17) is 0 Å². The van der Waals surface area contributed by atoms with Gasteiger partial charge in [0.2, 0.25) is 0 Å². The highest BCUT2D eigenvalue weighted by Gasteiger charge is 2.36. The van der Waals surface area contributed by atoms with Gasteiger partial charge >= 0.3 is 0 Å². The molecule has 6 nitrogen and oxygen atoms in total. The summed E-state index contributed by atoms with van der Waals surface area (Å²) >= 11 is 0. The van der Waals surface area contributed by atoms with Crippen molar-refractivity contribution in [2.24, 2.45) is 0 Å². The Balaban J connectivity index is 2.20. The molecule has 0 aliphatic heterocycles. The van der Waals surface area contributed by atoms with Gasteiger partial charge < -0.3 is 15.2 Å². The molecule has 0 saturated heterocycles. The maximum absolute atomic E-state index is 12.5. The maximum Gasteiger partial charge on any atom is 0.198 e. The molecule has 102 valence electrons. The van der Waals surface area contributed by atoms with Gasteiger partial charge in [-0.1, -0.05) is 24.3 Å². The second-order valence-corrected chi connectivity index (χ2v) is 4.78. The highest BCUT2D eigenvalue weighted by Crippen LogP contribution is 2.42. The van der Waals surface area contributed by atoms with E-state index >= 15 is 0 Å². The summed E-state index contributed by atoms with van der Waals surface area (Å²) in [5, 5.41) is 20.5. The molecule has 1 aliphatic carbocycles. The molecule has 3 aromatic rings. The Bertz CT molecular complexity index is 881. The van der Waals surface area contributed by atoms with E-state index in [1.54, 1.807) is 12.1 Å². The molecular weight excluding hydrogens is 272 g/mol. The highest BCUT2D eigenvalue weighted by atomic mass is 16.3. The second kappa shape index (κ2) is 3.69. The summed E-state index contributed by atoms with van der Waals surface area (Å²) < 4.78 is 0. The minimum Gasteiger partial charge on any atom is -0.505 e. The van der Waals surface area contributed by atoms with Gasteiger partial charge in [-0.3, -0.25) is 9.59 Å². The van der Waals surface area contributed by atoms with Crippen LogP contribution in [0.2, 0.25) is 0 Å². The predicted octanol–water partition coefficient (Wildman–Crippen LogP) is 1.75. The minimum absolute atomic E-state index is 0.0618. The van der Waals surface area contributed by atoms with E-state index in [2.05, 4.69) is 9.97 Å². The Morgan fingerprint density at radius 1 is 0.905 bits per heavy atom. The molecule has 0 unspecified atom stereocenters. The molecule has 0 fully saturated rings. The van der Waals surface area contributed by atoms with Crippen molar-refractivity contribution in [1.29, 1.82) is 0 Å². The number of rotatable bonds is 0. The average molecular weight is 280 g/mol. The molecule has 0 atom stereocenters. The number of aromatic hydroxyl groups is 2. The van der Waals surface area contributed by atoms with E-state index in [0.717, 1.165) is 0 Å². The number of aromatic nitrogens is 2. The Kier molecular flexibility index (Phi) is 2.05. The number of carbonyl (C=O) groups is 2. The quantitative estimate of drug-likeness (QED) is 0.426. The van der Waals surface area contributed by atoms with E-state index in [9.17, 15) is 19.8 Å². The SMILES string of the molecule is O=C1c2ccccc2C(=O)c2c1c(O)c1nc[nH]c1c2O. The first-order chi connectivity index (χ1) is 10.1. The van der Waals surface area contributed by atoms with Crippen LogP contribution in [0.25, 0.3) is 11.0 Å². The third kappa shape index (κ3) is 1.28. The number of imidazole rings is 1. The topological polar surface area (TPSA) is 103 Å². The van der Waals surface area contributed by atoms with Gasteiger partial charge in [0.15, 0.2) is 23.1 Å². The second-order valence-electron chi connectivity index (χ2n) is 4.78. The number of ketones is 2. The summed E-state index contributed by atoms with van der Waals surface area (Å²) in [6.45, 7) is 0. The summed E-state index contributed by atoms with van der Waals surface area (Å²) in [5.41, 5.74) is 0.227. The zero-order chi connectivity index (χ0) is 14.7. The van der Waals surface area contributed by atoms with Crippen LogP contribution in [0.1, 0.15) is 31.8 Å². The van der Waals surface area contributed by atoms with Crippen LogP contribution in [-0.2, 0) is 0 Å². The lowest BCUT2D eigenvalue weighted by atomic mass is 9.82. The maximum atomic E-state index is 12.5. The van der Waals surface area contributed by atoms with Gasteiger partial charge in [-0.2, -0.15) is 0 Å². The molecule has 1 heterocycles. The lowest BCUT2D eigenvalue weighted by Crippen LogP contribution is -2.21. The summed E-state index contributed by atoms with van der Waals surface area (Å²) in [5.74, 6) is -1.77. The third-order valence-electron chi connectivity index (χ3n) is 3.69. The summed E-state index contributed by atoms with van der Waals surface area (Å²) in [7, 11) is 0. The number of hydrogen-bond acceptors (Lipinski definition) is 5. The van der Waals surface area contributed by atoms with Crippen LogP contribution >= 0.6 is 0 Å². The molecule has 3 N–H and O–H groups in total. The van der Waals surface area contributed by atoms with Gasteiger partial charge in [-0.15, -0.1) is 0 Å². The Labute approximate surface area is 117 Å². The van der Waals surface area contributed by atoms with Crippen molar-refractivity contribution in [3.63, 3.8) is 0 Å². The van der Waals surface area contributed by atoms with Crippen LogP contribution in [0.5, 0.6) is 11.5 Å². The molecule has 21 heavy (non-hydrogen) atoms. The van der Waals surface area contributed by atoms with Crippen molar-refractivity contribution < 1.29 is 19.8 Å². The number of phenols is 2. The van der Waals surface area contributed by atoms with Crippen molar-refractivity contribution in [2.75, 3.05) is 0 Å². The van der Waals surface area contributed by atoms with E-state index in [1.807, 2.05) is 0 Å². The van der Waals surface area contributed by atoms with Crippen molar-refractivity contribution in [3.8, 4) is 11.5 Å². The number of H-pyrrole nitrogens is 1. The molecule has 4 rings (SSSR count). The highest BCUT2D eigenvalue weighted by molar-refractivity contribution is 6.32. The molecule has 0 spiro atoms. The minimum atomic E-state index is -0.502. The molecule has 1 aromatic heterocycles. The van der Waals surface area contributed by atoms with Crippen LogP contribution in [-0.4, -0.2) is 31.7 Å². The first kappa shape index (κ1) is 11.7. The van der Waals surface area contributed by atoms with Gasteiger partial charge in [0.25, 0.3) is 0 Å². The average Bonchev–Trinajstić information content (AvgIpc) is 2.98. The number of aromatic amines is 1. The van der Waals surface area contributed by atoms with Gasteiger partial charge in [0.05, 0.1) is 17.5 Å². The van der Waals surface area contributed by atoms with Crippen molar-refractivity contribution in [2.45, 2.75) is 0 Å². The van der Waals surface area contributed by atoms with Crippen LogP contribution in [0.3, 0.4) is 0 Å². The van der Waals surface area contributed by atoms with E-state index in [0.29, 0.717) is 0 Å². The predicted molar refractivity (Wildman–Crippen MR) is 72.7 cm³/mol. The summed E-state index contributed by atoms with van der Waals surface area (Å²) in [6, 6.07) is 6.31. The zero-order valence-electron chi connectivity index (χ0n) is 10.5. The van der Waals surface area contributed by atoms with Gasteiger partial charge in [-0.25, -0.2) is 4.98 Å². The fourth-order valence-corrected chi connectivity index (χ4v) is 2.73. The molecule has 0 radical (unpaired) electrons. The number of carbonyl (C=O) groups excluding carboxylic acids is 2. The Morgan fingerprint density at radius 2 is 1.48 bits per heavy atom. The smallest absolute Gasteiger partial charge is 0.198 e. The Hall–Kier alpha value is -3.15. The first-order valence-electron chi connectivity index (χ1n) is 6.20. The van der Waals surface area contributed by atoms with Gasteiger partial charge in [0, 0.05) is 11.1 Å². The van der Waals surface area contributed by atoms with E-state index in [1.165, 1.54) is 18.5 Å². The third-order valence-corrected chi connectivity index (χ3v) is 3.69. The van der Waals surface area contributed by atoms with Crippen LogP contribution in [0, 0.1) is 0 Å². The van der Waals surface area contributed by atoms with Crippen LogP contribution in [0.15, 0.2) is 30.6 Å². The van der Waals surface area contributed by atoms with Crippen LogP contribution in [0.4, 0.5) is 0 Å². The normalized spacial score (nSPS) is 13.3. The first-order valence-corrected chi connectivity index (χ1v) is 6.20. The van der Waals surface area contributed by atoms with Crippen molar-refractivity contribution >= 4 is 22.6 Å². The zero-order valence-corrected chi connectivity index (χ0v) is 10.5. The Morgan fingerprint density at radius 3 is 2.10 bits per heavy atom. The molecule has 6 heteroatoms. The fraction of sp³-hybridized carbons (Fsp3) is 0. The largest absolute Gasteiger partial charge is 0.505 e. The molecule has 2 aromatic carbocycles. The van der Waals surface area contributed by atoms with Crippen molar-refractivity contribution in [3.05, 3.63) is 52.8 Å². The molecule has 0 bridgehead atoms. The standard InChI is InChI=1S/C15H8N2O4/c18-12-6-3-1-2-4-7(6)13(19)9-8(12)14(20)10-11(15(9)21)17-5-16-10/h1-5,20-21H,(H,16,17). The van der Waals surface area contributed by atoms with Crippen molar-refractivity contribution in [1.82, 2.24) is 9.97 Å². The number of nitrogens with zero attached hydrogens (tertiary/aromatic N) is 1. The molecule has 0 amide bonds. The number of benzene rings is 2. The monoisotopic (exact) mass is 280 g/mol. The number of hydrogen-bond donors (Lipinski definition) is 3. The lowest BCUT2D eigenvalue weighted by Gasteiger charge is -2.19. The fourth-order valence-electron chi connectivity index (χ4n) is 2.73. The van der Waals surface area contributed by atoms with Crippen LogP contribution < -0.4 is 0 Å². The number of fused-ring (bicyclic) bond motifs is 3. The summed E-state index contributed by atoms with van der Waals surface area (Å²) in [6.07, 6.45) is 1.28.